The lowest BCUT2D eigenvalue weighted by molar-refractivity contribution is -0.142. The Labute approximate surface area is 97.7 Å². The maximum absolute atomic E-state index is 11.1. The summed E-state index contributed by atoms with van der Waals surface area (Å²) in [7, 11) is 0. The van der Waals surface area contributed by atoms with E-state index in [0.29, 0.717) is 31.6 Å². The van der Waals surface area contributed by atoms with Gasteiger partial charge in [0.05, 0.1) is 19.1 Å². The number of hydrogen-bond acceptors (Lipinski definition) is 4. The first kappa shape index (κ1) is 13.5. The number of carbonyl (C=O) groups is 1. The fraction of sp³-hybridized carbons (Fsp3) is 0.917. The molecule has 94 valence electrons. The highest BCUT2D eigenvalue weighted by Crippen LogP contribution is 2.22. The zero-order valence-corrected chi connectivity index (χ0v) is 10.3. The summed E-state index contributed by atoms with van der Waals surface area (Å²) in [5, 5.41) is 3.30. The van der Waals surface area contributed by atoms with Gasteiger partial charge in [-0.1, -0.05) is 6.92 Å². The number of nitrogens with one attached hydrogen (secondary N) is 1. The fourth-order valence-corrected chi connectivity index (χ4v) is 2.09. The Bertz CT molecular complexity index is 208. The van der Waals surface area contributed by atoms with E-state index >= 15 is 0 Å². The molecule has 1 heterocycles. The average Bonchev–Trinajstić information content (AvgIpc) is 2.72. The number of rotatable bonds is 7. The second kappa shape index (κ2) is 7.63. The van der Waals surface area contributed by atoms with Crippen LogP contribution in [0.25, 0.3) is 0 Å². The van der Waals surface area contributed by atoms with Crippen molar-refractivity contribution in [2.75, 3.05) is 26.3 Å². The second-order valence-corrected chi connectivity index (χ2v) is 4.13. The molecular weight excluding hydrogens is 206 g/mol. The Morgan fingerprint density at radius 2 is 2.31 bits per heavy atom. The molecular formula is C12H23NO3. The second-order valence-electron chi connectivity index (χ2n) is 4.13. The van der Waals surface area contributed by atoms with Crippen molar-refractivity contribution >= 4 is 5.97 Å². The number of ether oxygens (including phenoxy) is 2. The van der Waals surface area contributed by atoms with Gasteiger partial charge in [0.15, 0.2) is 0 Å². The Balaban J connectivity index is 2.04. The van der Waals surface area contributed by atoms with Gasteiger partial charge in [-0.2, -0.15) is 0 Å². The summed E-state index contributed by atoms with van der Waals surface area (Å²) >= 11 is 0. The van der Waals surface area contributed by atoms with E-state index in [-0.39, 0.29) is 5.97 Å². The molecule has 0 aliphatic carbocycles. The molecule has 16 heavy (non-hydrogen) atoms. The topological polar surface area (TPSA) is 47.6 Å². The van der Waals surface area contributed by atoms with E-state index in [2.05, 4.69) is 12.2 Å². The van der Waals surface area contributed by atoms with Crippen LogP contribution in [0.3, 0.4) is 0 Å². The molecule has 0 aromatic heterocycles. The Morgan fingerprint density at radius 1 is 1.50 bits per heavy atom. The zero-order valence-electron chi connectivity index (χ0n) is 10.3. The van der Waals surface area contributed by atoms with Crippen molar-refractivity contribution in [2.24, 2.45) is 5.92 Å². The molecule has 0 amide bonds. The van der Waals surface area contributed by atoms with Gasteiger partial charge in [-0.25, -0.2) is 0 Å². The Kier molecular flexibility index (Phi) is 6.42. The number of esters is 1. The van der Waals surface area contributed by atoms with Gasteiger partial charge in [0.25, 0.3) is 0 Å². The maximum atomic E-state index is 11.1. The smallest absolute Gasteiger partial charge is 0.307 e. The van der Waals surface area contributed by atoms with Crippen LogP contribution in [-0.2, 0) is 14.3 Å². The van der Waals surface area contributed by atoms with Crippen molar-refractivity contribution in [3.8, 4) is 0 Å². The van der Waals surface area contributed by atoms with E-state index in [4.69, 9.17) is 9.47 Å². The van der Waals surface area contributed by atoms with Crippen LogP contribution in [0.5, 0.6) is 0 Å². The highest BCUT2D eigenvalue weighted by atomic mass is 16.5. The van der Waals surface area contributed by atoms with Gasteiger partial charge in [-0.05, 0) is 25.7 Å². The van der Waals surface area contributed by atoms with E-state index in [1.165, 1.54) is 0 Å². The largest absolute Gasteiger partial charge is 0.466 e. The normalized spacial score (nSPS) is 24.6. The van der Waals surface area contributed by atoms with Crippen molar-refractivity contribution in [1.29, 1.82) is 0 Å². The first-order valence-corrected chi connectivity index (χ1v) is 6.25. The van der Waals surface area contributed by atoms with Crippen molar-refractivity contribution in [1.82, 2.24) is 5.32 Å². The molecule has 1 N–H and O–H groups in total. The number of carbonyl (C=O) groups excluding carboxylic acids is 1. The van der Waals surface area contributed by atoms with Gasteiger partial charge < -0.3 is 14.8 Å². The third kappa shape index (κ3) is 4.49. The zero-order chi connectivity index (χ0) is 11.8. The van der Waals surface area contributed by atoms with Crippen molar-refractivity contribution in [3.63, 3.8) is 0 Å². The van der Waals surface area contributed by atoms with Crippen LogP contribution in [0.4, 0.5) is 0 Å². The van der Waals surface area contributed by atoms with Crippen LogP contribution < -0.4 is 5.32 Å². The molecule has 0 saturated carbocycles. The summed E-state index contributed by atoms with van der Waals surface area (Å²) in [6.07, 6.45) is 3.06. The minimum Gasteiger partial charge on any atom is -0.466 e. The predicted octanol–water partition coefficient (Wildman–Crippen LogP) is 1.34. The summed E-state index contributed by atoms with van der Waals surface area (Å²) < 4.78 is 10.5. The Morgan fingerprint density at radius 3 is 3.00 bits per heavy atom. The molecule has 1 aliphatic rings. The van der Waals surface area contributed by atoms with Gasteiger partial charge in [0, 0.05) is 19.7 Å². The lowest BCUT2D eigenvalue weighted by atomic mass is 10.00. The van der Waals surface area contributed by atoms with E-state index < -0.39 is 0 Å². The summed E-state index contributed by atoms with van der Waals surface area (Å²) in [5.74, 6) is 0.483. The lowest BCUT2D eigenvalue weighted by Crippen LogP contribution is -2.29. The van der Waals surface area contributed by atoms with E-state index in [0.717, 1.165) is 26.0 Å². The van der Waals surface area contributed by atoms with Crippen LogP contribution >= 0.6 is 0 Å². The van der Waals surface area contributed by atoms with Crippen LogP contribution in [0, 0.1) is 5.92 Å². The van der Waals surface area contributed by atoms with E-state index in [1.807, 2.05) is 6.92 Å². The molecule has 1 saturated heterocycles. The third-order valence-electron chi connectivity index (χ3n) is 2.97. The van der Waals surface area contributed by atoms with Gasteiger partial charge in [-0.15, -0.1) is 0 Å². The monoisotopic (exact) mass is 229 g/mol. The van der Waals surface area contributed by atoms with E-state index in [1.54, 1.807) is 0 Å². The molecule has 4 nitrogen and oxygen atoms in total. The van der Waals surface area contributed by atoms with Crippen molar-refractivity contribution in [3.05, 3.63) is 0 Å². The molecule has 2 atom stereocenters. The fourth-order valence-electron chi connectivity index (χ4n) is 2.09. The van der Waals surface area contributed by atoms with Gasteiger partial charge in [0.1, 0.15) is 0 Å². The first-order valence-electron chi connectivity index (χ1n) is 6.25. The SMILES string of the molecule is CCOC(=O)CCNCC1CCOC1CC. The minimum absolute atomic E-state index is 0.121. The molecule has 0 radical (unpaired) electrons. The number of hydrogen-bond donors (Lipinski definition) is 1. The van der Waals surface area contributed by atoms with Gasteiger partial charge >= 0.3 is 5.97 Å². The van der Waals surface area contributed by atoms with Crippen molar-refractivity contribution < 1.29 is 14.3 Å². The summed E-state index contributed by atoms with van der Waals surface area (Å²) in [6, 6.07) is 0. The maximum Gasteiger partial charge on any atom is 0.307 e. The Hall–Kier alpha value is -0.610. The van der Waals surface area contributed by atoms with Gasteiger partial charge in [-0.3, -0.25) is 4.79 Å². The first-order chi connectivity index (χ1) is 7.77. The standard InChI is InChI=1S/C12H23NO3/c1-3-11-10(6-8-16-11)9-13-7-5-12(14)15-4-2/h10-11,13H,3-9H2,1-2H3. The summed E-state index contributed by atoms with van der Waals surface area (Å²) in [4.78, 5) is 11.1. The van der Waals surface area contributed by atoms with Gasteiger partial charge in [0.2, 0.25) is 0 Å². The molecule has 0 bridgehead atoms. The van der Waals surface area contributed by atoms with Crippen LogP contribution in [0.15, 0.2) is 0 Å². The highest BCUT2D eigenvalue weighted by Gasteiger charge is 2.25. The van der Waals surface area contributed by atoms with E-state index in [9.17, 15) is 4.79 Å². The summed E-state index contributed by atoms with van der Waals surface area (Å²) in [6.45, 7) is 6.97. The molecule has 2 unspecified atom stereocenters. The third-order valence-corrected chi connectivity index (χ3v) is 2.97. The highest BCUT2D eigenvalue weighted by molar-refractivity contribution is 5.69. The van der Waals surface area contributed by atoms with Crippen LogP contribution in [-0.4, -0.2) is 38.4 Å². The summed E-state index contributed by atoms with van der Waals surface area (Å²) in [5.41, 5.74) is 0. The minimum atomic E-state index is -0.121. The molecule has 0 aromatic rings. The molecule has 1 fully saturated rings. The van der Waals surface area contributed by atoms with Crippen LogP contribution in [0.2, 0.25) is 0 Å². The molecule has 0 spiro atoms. The molecule has 1 aliphatic heterocycles. The lowest BCUT2D eigenvalue weighted by Gasteiger charge is -2.16. The quantitative estimate of drug-likeness (QED) is 0.529. The molecule has 1 rings (SSSR count). The molecule has 4 heteroatoms. The van der Waals surface area contributed by atoms with Crippen LogP contribution in [0.1, 0.15) is 33.1 Å². The average molecular weight is 229 g/mol. The molecule has 0 aromatic carbocycles. The van der Waals surface area contributed by atoms with Crippen molar-refractivity contribution in [2.45, 2.75) is 39.2 Å². The predicted molar refractivity (Wildman–Crippen MR) is 62.3 cm³/mol.